The molecule has 0 atom stereocenters. The van der Waals surface area contributed by atoms with Gasteiger partial charge >= 0.3 is 0 Å². The fraction of sp³-hybridized carbons (Fsp3) is 0.615. The van der Waals surface area contributed by atoms with Crippen LogP contribution in [0.4, 0.5) is 5.82 Å². The molecule has 102 valence electrons. The first kappa shape index (κ1) is 15.2. The fourth-order valence-corrected chi connectivity index (χ4v) is 1.94. The Morgan fingerprint density at radius 3 is 2.61 bits per heavy atom. The Morgan fingerprint density at radius 1 is 1.33 bits per heavy atom. The van der Waals surface area contributed by atoms with Crippen LogP contribution in [0, 0.1) is 0 Å². The highest BCUT2D eigenvalue weighted by Gasteiger charge is 2.08. The summed E-state index contributed by atoms with van der Waals surface area (Å²) in [5.41, 5.74) is 0.729. The van der Waals surface area contributed by atoms with Crippen LogP contribution in [-0.4, -0.2) is 48.7 Å². The SMILES string of the molecule is CCN(CCCN(C)C)c1cc(CO)c(Cl)cn1. The summed E-state index contributed by atoms with van der Waals surface area (Å²) in [5.74, 6) is 0.879. The Bertz CT molecular complexity index is 371. The number of nitrogens with zero attached hydrogens (tertiary/aromatic N) is 3. The average Bonchev–Trinajstić information content (AvgIpc) is 2.35. The smallest absolute Gasteiger partial charge is 0.128 e. The summed E-state index contributed by atoms with van der Waals surface area (Å²) < 4.78 is 0. The lowest BCUT2D eigenvalue weighted by atomic mass is 10.2. The summed E-state index contributed by atoms with van der Waals surface area (Å²) in [6, 6.07) is 1.86. The van der Waals surface area contributed by atoms with Gasteiger partial charge in [0.15, 0.2) is 0 Å². The molecule has 0 aliphatic heterocycles. The Kier molecular flexibility index (Phi) is 6.39. The van der Waals surface area contributed by atoms with E-state index in [1.807, 2.05) is 6.07 Å². The largest absolute Gasteiger partial charge is 0.392 e. The van der Waals surface area contributed by atoms with Crippen LogP contribution in [0.1, 0.15) is 18.9 Å². The molecule has 0 saturated carbocycles. The first-order valence-electron chi connectivity index (χ1n) is 6.23. The second kappa shape index (κ2) is 7.56. The number of halogens is 1. The van der Waals surface area contributed by atoms with Crippen LogP contribution in [0.3, 0.4) is 0 Å². The summed E-state index contributed by atoms with van der Waals surface area (Å²) in [5, 5.41) is 9.73. The minimum atomic E-state index is -0.0520. The second-order valence-electron chi connectivity index (χ2n) is 4.53. The number of aliphatic hydroxyl groups excluding tert-OH is 1. The van der Waals surface area contributed by atoms with E-state index in [0.717, 1.165) is 37.4 Å². The quantitative estimate of drug-likeness (QED) is 0.824. The van der Waals surface area contributed by atoms with Crippen LogP contribution in [0.2, 0.25) is 5.02 Å². The van der Waals surface area contributed by atoms with Crippen molar-refractivity contribution in [2.75, 3.05) is 38.6 Å². The zero-order valence-corrected chi connectivity index (χ0v) is 12.1. The van der Waals surface area contributed by atoms with Gasteiger partial charge in [0.1, 0.15) is 5.82 Å². The Morgan fingerprint density at radius 2 is 2.06 bits per heavy atom. The van der Waals surface area contributed by atoms with Crippen LogP contribution < -0.4 is 4.90 Å². The van der Waals surface area contributed by atoms with Crippen LogP contribution in [0.25, 0.3) is 0 Å². The zero-order chi connectivity index (χ0) is 13.5. The van der Waals surface area contributed by atoms with E-state index in [9.17, 15) is 5.11 Å². The number of rotatable bonds is 7. The first-order valence-corrected chi connectivity index (χ1v) is 6.61. The van der Waals surface area contributed by atoms with Crippen LogP contribution >= 0.6 is 11.6 Å². The van der Waals surface area contributed by atoms with Gasteiger partial charge in [-0.2, -0.15) is 0 Å². The van der Waals surface area contributed by atoms with E-state index >= 15 is 0 Å². The number of hydrogen-bond donors (Lipinski definition) is 1. The third-order valence-electron chi connectivity index (χ3n) is 2.83. The van der Waals surface area contributed by atoms with E-state index in [4.69, 9.17) is 11.6 Å². The summed E-state index contributed by atoms with van der Waals surface area (Å²) in [6.07, 6.45) is 2.69. The van der Waals surface area contributed by atoms with E-state index in [-0.39, 0.29) is 6.61 Å². The Labute approximate surface area is 114 Å². The van der Waals surface area contributed by atoms with Crippen molar-refractivity contribution in [2.24, 2.45) is 0 Å². The van der Waals surface area contributed by atoms with Gasteiger partial charge in [0.05, 0.1) is 11.6 Å². The predicted octanol–water partition coefficient (Wildman–Crippen LogP) is 2.01. The van der Waals surface area contributed by atoms with Crippen molar-refractivity contribution in [2.45, 2.75) is 20.0 Å². The topological polar surface area (TPSA) is 39.6 Å². The maximum Gasteiger partial charge on any atom is 0.128 e. The number of hydrogen-bond acceptors (Lipinski definition) is 4. The third-order valence-corrected chi connectivity index (χ3v) is 3.17. The van der Waals surface area contributed by atoms with Crippen molar-refractivity contribution in [3.05, 3.63) is 22.8 Å². The number of aromatic nitrogens is 1. The lowest BCUT2D eigenvalue weighted by Gasteiger charge is -2.23. The van der Waals surface area contributed by atoms with Gasteiger partial charge in [0.2, 0.25) is 0 Å². The van der Waals surface area contributed by atoms with Gasteiger partial charge in [0, 0.05) is 24.8 Å². The molecule has 1 aromatic rings. The molecule has 18 heavy (non-hydrogen) atoms. The molecule has 1 rings (SSSR count). The van der Waals surface area contributed by atoms with Gasteiger partial charge in [-0.25, -0.2) is 4.98 Å². The molecule has 0 aliphatic carbocycles. The molecule has 1 N–H and O–H groups in total. The molecular weight excluding hydrogens is 250 g/mol. The molecule has 5 heteroatoms. The summed E-state index contributed by atoms with van der Waals surface area (Å²) in [7, 11) is 4.14. The van der Waals surface area contributed by atoms with Crippen molar-refractivity contribution in [3.63, 3.8) is 0 Å². The van der Waals surface area contributed by atoms with Crippen molar-refractivity contribution >= 4 is 17.4 Å². The molecule has 0 unspecified atom stereocenters. The fourth-order valence-electron chi connectivity index (χ4n) is 1.77. The van der Waals surface area contributed by atoms with E-state index < -0.39 is 0 Å². The number of aliphatic hydroxyl groups is 1. The maximum absolute atomic E-state index is 9.21. The highest BCUT2D eigenvalue weighted by Crippen LogP contribution is 2.20. The van der Waals surface area contributed by atoms with Gasteiger partial charge in [0.25, 0.3) is 0 Å². The van der Waals surface area contributed by atoms with Gasteiger partial charge < -0.3 is 14.9 Å². The van der Waals surface area contributed by atoms with E-state index in [1.54, 1.807) is 6.20 Å². The molecule has 0 radical (unpaired) electrons. The molecule has 1 aromatic heterocycles. The van der Waals surface area contributed by atoms with E-state index in [0.29, 0.717) is 5.02 Å². The van der Waals surface area contributed by atoms with Crippen LogP contribution in [0.15, 0.2) is 12.3 Å². The highest BCUT2D eigenvalue weighted by molar-refractivity contribution is 6.31. The lowest BCUT2D eigenvalue weighted by molar-refractivity contribution is 0.282. The monoisotopic (exact) mass is 271 g/mol. The second-order valence-corrected chi connectivity index (χ2v) is 4.94. The minimum Gasteiger partial charge on any atom is -0.392 e. The molecule has 0 saturated heterocycles. The minimum absolute atomic E-state index is 0.0520. The zero-order valence-electron chi connectivity index (χ0n) is 11.4. The molecule has 0 fully saturated rings. The number of anilines is 1. The van der Waals surface area contributed by atoms with Crippen molar-refractivity contribution in [1.82, 2.24) is 9.88 Å². The van der Waals surface area contributed by atoms with Gasteiger partial charge in [-0.1, -0.05) is 11.6 Å². The van der Waals surface area contributed by atoms with Gasteiger partial charge in [-0.05, 0) is 40.1 Å². The standard InChI is InChI=1S/C13H22ClN3O/c1-4-17(7-5-6-16(2)3)13-8-11(10-18)12(14)9-15-13/h8-9,18H,4-7,10H2,1-3H3. The van der Waals surface area contributed by atoms with Crippen LogP contribution in [0.5, 0.6) is 0 Å². The Hall–Kier alpha value is -0.840. The van der Waals surface area contributed by atoms with E-state index in [1.165, 1.54) is 0 Å². The molecule has 0 aromatic carbocycles. The maximum atomic E-state index is 9.21. The first-order chi connectivity index (χ1) is 8.58. The van der Waals surface area contributed by atoms with Gasteiger partial charge in [-0.15, -0.1) is 0 Å². The average molecular weight is 272 g/mol. The molecule has 0 aliphatic rings. The molecule has 0 spiro atoms. The van der Waals surface area contributed by atoms with Crippen molar-refractivity contribution in [1.29, 1.82) is 0 Å². The molecule has 0 bridgehead atoms. The van der Waals surface area contributed by atoms with Crippen molar-refractivity contribution < 1.29 is 5.11 Å². The highest BCUT2D eigenvalue weighted by atomic mass is 35.5. The summed E-state index contributed by atoms with van der Waals surface area (Å²) in [6.45, 7) is 4.95. The van der Waals surface area contributed by atoms with Crippen LogP contribution in [-0.2, 0) is 6.61 Å². The molecule has 4 nitrogen and oxygen atoms in total. The van der Waals surface area contributed by atoms with E-state index in [2.05, 4.69) is 35.8 Å². The predicted molar refractivity (Wildman–Crippen MR) is 76.2 cm³/mol. The third kappa shape index (κ3) is 4.44. The number of pyridine rings is 1. The normalized spacial score (nSPS) is 11.0. The lowest BCUT2D eigenvalue weighted by Crippen LogP contribution is -2.27. The summed E-state index contributed by atoms with van der Waals surface area (Å²) in [4.78, 5) is 8.69. The molecule has 1 heterocycles. The van der Waals surface area contributed by atoms with Crippen molar-refractivity contribution in [3.8, 4) is 0 Å². The molecule has 0 amide bonds. The summed E-state index contributed by atoms with van der Waals surface area (Å²) >= 11 is 5.94. The Balaban J connectivity index is 2.69. The van der Waals surface area contributed by atoms with Gasteiger partial charge in [-0.3, -0.25) is 0 Å². The molecular formula is C13H22ClN3O.